The number of carbonyl (C=O) groups is 1. The topological polar surface area (TPSA) is 97.5 Å². The van der Waals surface area contributed by atoms with Gasteiger partial charge in [-0.1, -0.05) is 17.7 Å². The van der Waals surface area contributed by atoms with Crippen LogP contribution in [0.4, 0.5) is 0 Å². The van der Waals surface area contributed by atoms with Gasteiger partial charge in [-0.05, 0) is 24.6 Å². The van der Waals surface area contributed by atoms with Gasteiger partial charge in [0.2, 0.25) is 0 Å². The first-order chi connectivity index (χ1) is 11.5. The maximum absolute atomic E-state index is 11.2. The summed E-state index contributed by atoms with van der Waals surface area (Å²) in [7, 11) is 0. The zero-order valence-corrected chi connectivity index (χ0v) is 13.5. The van der Waals surface area contributed by atoms with Gasteiger partial charge in [-0.15, -0.1) is 16.8 Å². The Morgan fingerprint density at radius 3 is 2.88 bits per heavy atom. The highest BCUT2D eigenvalue weighted by atomic mass is 35.5. The van der Waals surface area contributed by atoms with Gasteiger partial charge in [0.15, 0.2) is 11.6 Å². The number of aliphatic carboxylic acids is 1. The van der Waals surface area contributed by atoms with Crippen LogP contribution in [0.25, 0.3) is 5.69 Å². The Balaban J connectivity index is 2.23. The van der Waals surface area contributed by atoms with Gasteiger partial charge in [0.1, 0.15) is 12.7 Å². The van der Waals surface area contributed by atoms with Crippen LogP contribution in [0.3, 0.4) is 0 Å². The third kappa shape index (κ3) is 2.93. The summed E-state index contributed by atoms with van der Waals surface area (Å²) in [5.74, 6) is -0.357. The molecule has 2 atom stereocenters. The van der Waals surface area contributed by atoms with E-state index in [0.29, 0.717) is 28.8 Å². The van der Waals surface area contributed by atoms with Gasteiger partial charge in [0.05, 0.1) is 18.2 Å². The van der Waals surface area contributed by atoms with Crippen LogP contribution >= 0.6 is 11.6 Å². The Morgan fingerprint density at radius 2 is 2.21 bits per heavy atom. The minimum absolute atomic E-state index is 0.265. The molecule has 0 fully saturated rings. The number of hydrogen-bond acceptors (Lipinski definition) is 5. The van der Waals surface area contributed by atoms with Crippen LogP contribution in [-0.2, 0) is 16.1 Å². The average molecular weight is 350 g/mol. The van der Waals surface area contributed by atoms with Crippen molar-refractivity contribution in [3.8, 4) is 5.69 Å². The van der Waals surface area contributed by atoms with Gasteiger partial charge in [-0.25, -0.2) is 0 Å². The number of ether oxygens (including phenoxy) is 1. The summed E-state index contributed by atoms with van der Waals surface area (Å²) in [5, 5.41) is 27.3. The van der Waals surface area contributed by atoms with E-state index in [1.54, 1.807) is 28.8 Å². The minimum atomic E-state index is -1.01. The number of carboxylic acid groups (broad SMARTS) is 1. The summed E-state index contributed by atoms with van der Waals surface area (Å²) in [4.78, 5) is 11.2. The van der Waals surface area contributed by atoms with E-state index in [4.69, 9.17) is 16.3 Å². The first-order valence-electron chi connectivity index (χ1n) is 7.38. The lowest BCUT2D eigenvalue weighted by atomic mass is 10.0. The fourth-order valence-electron chi connectivity index (χ4n) is 2.86. The predicted molar refractivity (Wildman–Crippen MR) is 85.9 cm³/mol. The summed E-state index contributed by atoms with van der Waals surface area (Å²) >= 11 is 6.13. The largest absolute Gasteiger partial charge is 0.481 e. The second-order valence-corrected chi connectivity index (χ2v) is 5.84. The third-order valence-corrected chi connectivity index (χ3v) is 4.07. The molecule has 0 amide bonds. The second-order valence-electron chi connectivity index (χ2n) is 5.41. The van der Waals surface area contributed by atoms with E-state index in [-0.39, 0.29) is 13.0 Å². The summed E-state index contributed by atoms with van der Waals surface area (Å²) in [5.41, 5.74) is 1.48. The monoisotopic (exact) mass is 349 g/mol. The number of aliphatic hydroxyl groups is 1. The number of fused-ring (bicyclic) bond motifs is 3. The van der Waals surface area contributed by atoms with Crippen molar-refractivity contribution in [1.29, 1.82) is 0 Å². The Kier molecular flexibility index (Phi) is 4.66. The second kappa shape index (κ2) is 6.72. The van der Waals surface area contributed by atoms with Crippen LogP contribution in [0, 0.1) is 0 Å². The van der Waals surface area contributed by atoms with E-state index in [9.17, 15) is 15.0 Å². The van der Waals surface area contributed by atoms with Crippen molar-refractivity contribution in [2.24, 2.45) is 0 Å². The molecule has 8 heteroatoms. The molecule has 1 aliphatic rings. The molecule has 0 aliphatic carbocycles. The molecule has 7 nitrogen and oxygen atoms in total. The molecule has 1 aromatic carbocycles. The minimum Gasteiger partial charge on any atom is -0.481 e. The number of rotatable bonds is 5. The van der Waals surface area contributed by atoms with E-state index in [0.717, 1.165) is 5.56 Å². The van der Waals surface area contributed by atoms with Crippen molar-refractivity contribution >= 4 is 17.6 Å². The van der Waals surface area contributed by atoms with Crippen molar-refractivity contribution < 1.29 is 19.7 Å². The number of aliphatic hydroxyl groups excluding tert-OH is 1. The molecule has 1 aliphatic heterocycles. The molecule has 0 saturated carbocycles. The van der Waals surface area contributed by atoms with Crippen molar-refractivity contribution in [1.82, 2.24) is 14.8 Å². The quantitative estimate of drug-likeness (QED) is 0.805. The van der Waals surface area contributed by atoms with E-state index < -0.39 is 18.2 Å². The number of aromatic nitrogens is 3. The van der Waals surface area contributed by atoms with Crippen LogP contribution in [0.15, 0.2) is 30.9 Å². The molecule has 2 unspecified atom stereocenters. The molecule has 126 valence electrons. The van der Waals surface area contributed by atoms with Gasteiger partial charge in [-0.2, -0.15) is 0 Å². The van der Waals surface area contributed by atoms with E-state index in [2.05, 4.69) is 16.8 Å². The Labute approximate surface area is 143 Å². The van der Waals surface area contributed by atoms with E-state index >= 15 is 0 Å². The fraction of sp³-hybridized carbons (Fsp3) is 0.312. The highest BCUT2D eigenvalue weighted by molar-refractivity contribution is 6.30. The normalized spacial score (nSPS) is 19.2. The molecular weight excluding hydrogens is 334 g/mol. The molecule has 24 heavy (non-hydrogen) atoms. The van der Waals surface area contributed by atoms with Gasteiger partial charge in [-0.3, -0.25) is 9.36 Å². The summed E-state index contributed by atoms with van der Waals surface area (Å²) in [6.07, 6.45) is 0.696. The molecule has 0 bridgehead atoms. The maximum Gasteiger partial charge on any atom is 0.306 e. The van der Waals surface area contributed by atoms with Crippen molar-refractivity contribution in [3.63, 3.8) is 0 Å². The van der Waals surface area contributed by atoms with E-state index in [1.807, 2.05) is 0 Å². The lowest BCUT2D eigenvalue weighted by Crippen LogP contribution is -2.14. The summed E-state index contributed by atoms with van der Waals surface area (Å²) < 4.78 is 7.65. The highest BCUT2D eigenvalue weighted by Gasteiger charge is 2.33. The molecule has 2 N–H and O–H groups in total. The first kappa shape index (κ1) is 16.6. The van der Waals surface area contributed by atoms with Crippen molar-refractivity contribution in [2.45, 2.75) is 31.7 Å². The smallest absolute Gasteiger partial charge is 0.306 e. The number of benzene rings is 1. The van der Waals surface area contributed by atoms with Crippen molar-refractivity contribution in [3.05, 3.63) is 53.1 Å². The van der Waals surface area contributed by atoms with Gasteiger partial charge >= 0.3 is 5.97 Å². The molecule has 3 rings (SSSR count). The first-order valence-corrected chi connectivity index (χ1v) is 7.76. The van der Waals surface area contributed by atoms with Gasteiger partial charge in [0.25, 0.3) is 0 Å². The molecule has 2 aromatic rings. The number of halogens is 1. The van der Waals surface area contributed by atoms with Gasteiger partial charge in [0, 0.05) is 10.6 Å². The van der Waals surface area contributed by atoms with Crippen molar-refractivity contribution in [2.75, 3.05) is 0 Å². The highest BCUT2D eigenvalue weighted by Crippen LogP contribution is 2.40. The Hall–Kier alpha value is -2.22. The standard InChI is InChI=1S/C16H16ClN3O4/c1-2-3-12-10-6-9(17)4-5-11(10)20-14(8-21)18-19-16(20)13(24-12)7-15(22)23/h2,4-6,12-13,21H,1,3,7-8H2,(H,22,23). The maximum atomic E-state index is 11.2. The number of carboxylic acids is 1. The molecule has 0 spiro atoms. The van der Waals surface area contributed by atoms with Crippen LogP contribution in [0.1, 0.15) is 42.3 Å². The molecule has 0 saturated heterocycles. The third-order valence-electron chi connectivity index (χ3n) is 3.83. The van der Waals surface area contributed by atoms with Crippen LogP contribution in [0.5, 0.6) is 0 Å². The molecule has 2 heterocycles. The molecule has 0 radical (unpaired) electrons. The zero-order chi connectivity index (χ0) is 17.3. The Morgan fingerprint density at radius 1 is 1.42 bits per heavy atom. The van der Waals surface area contributed by atoms with Gasteiger partial charge < -0.3 is 14.9 Å². The Bertz CT molecular complexity index is 790. The summed E-state index contributed by atoms with van der Waals surface area (Å²) in [6, 6.07) is 5.26. The fourth-order valence-corrected chi connectivity index (χ4v) is 3.04. The predicted octanol–water partition coefficient (Wildman–Crippen LogP) is 2.58. The van der Waals surface area contributed by atoms with Crippen LogP contribution < -0.4 is 0 Å². The van der Waals surface area contributed by atoms with Crippen LogP contribution in [-0.4, -0.2) is 30.9 Å². The molecular formula is C16H16ClN3O4. The zero-order valence-electron chi connectivity index (χ0n) is 12.7. The number of hydrogen-bond donors (Lipinski definition) is 2. The lowest BCUT2D eigenvalue weighted by Gasteiger charge is -2.20. The average Bonchev–Trinajstić information content (AvgIpc) is 2.92. The SMILES string of the molecule is C=CCC1OC(CC(=O)O)c2nnc(CO)n2-c2ccc(Cl)cc21. The summed E-state index contributed by atoms with van der Waals surface area (Å²) in [6.45, 7) is 3.40. The van der Waals surface area contributed by atoms with E-state index in [1.165, 1.54) is 0 Å². The molecule has 1 aromatic heterocycles. The number of nitrogens with zero attached hydrogens (tertiary/aromatic N) is 3. The van der Waals surface area contributed by atoms with Crippen LogP contribution in [0.2, 0.25) is 5.02 Å². The lowest BCUT2D eigenvalue weighted by molar-refractivity contribution is -0.142.